The van der Waals surface area contributed by atoms with Gasteiger partial charge in [0.15, 0.2) is 0 Å². The molecule has 0 radical (unpaired) electrons. The predicted molar refractivity (Wildman–Crippen MR) is 141 cm³/mol. The van der Waals surface area contributed by atoms with Gasteiger partial charge in [0, 0.05) is 0 Å². The Morgan fingerprint density at radius 3 is 1.37 bits per heavy atom. The molecule has 0 spiro atoms. The normalized spacial score (nSPS) is 13.3. The van der Waals surface area contributed by atoms with E-state index in [1.807, 2.05) is 89.2 Å². The van der Waals surface area contributed by atoms with E-state index >= 15 is 0 Å². The largest absolute Gasteiger partial charge is 0.363 e. The van der Waals surface area contributed by atoms with Crippen LogP contribution >= 0.6 is 7.60 Å². The average molecular weight is 497 g/mol. The van der Waals surface area contributed by atoms with E-state index in [0.717, 1.165) is 16.7 Å². The minimum absolute atomic E-state index is 0.136. The van der Waals surface area contributed by atoms with Crippen LogP contribution in [0.2, 0.25) is 0 Å². The van der Waals surface area contributed by atoms with Gasteiger partial charge < -0.3 is 18.5 Å². The van der Waals surface area contributed by atoms with Gasteiger partial charge in [-0.25, -0.2) is 0 Å². The summed E-state index contributed by atoms with van der Waals surface area (Å²) in [4.78, 5) is 0. The van der Waals surface area contributed by atoms with Gasteiger partial charge in [0.1, 0.15) is 11.9 Å². The lowest BCUT2D eigenvalue weighted by Gasteiger charge is -2.37. The predicted octanol–water partition coefficient (Wildman–Crippen LogP) is 7.40. The van der Waals surface area contributed by atoms with Crippen LogP contribution in [-0.2, 0) is 28.7 Å². The molecule has 3 aromatic rings. The van der Waals surface area contributed by atoms with E-state index in [1.165, 1.54) is 0 Å². The Hall–Kier alpha value is -2.27. The van der Waals surface area contributed by atoms with Crippen LogP contribution in [0.1, 0.15) is 51.3 Å². The smallest absolute Gasteiger partial charge is 0.356 e. The highest BCUT2D eigenvalue weighted by molar-refractivity contribution is 7.53. The number of ether oxygens (including phenoxy) is 2. The fraction of sp³-hybridized carbons (Fsp3) is 0.379. The summed E-state index contributed by atoms with van der Waals surface area (Å²) in [6.45, 7) is 9.49. The van der Waals surface area contributed by atoms with Gasteiger partial charge in [0.2, 0.25) is 0 Å². The fourth-order valence-corrected chi connectivity index (χ4v) is 5.90. The molecule has 3 rings (SSSR count). The van der Waals surface area contributed by atoms with Gasteiger partial charge in [0.25, 0.3) is 0 Å². The number of hydrogen-bond donors (Lipinski definition) is 0. The van der Waals surface area contributed by atoms with Crippen molar-refractivity contribution < 1.29 is 23.1 Å². The molecule has 0 aliphatic heterocycles. The molecule has 188 valence electrons. The van der Waals surface area contributed by atoms with Crippen LogP contribution in [0.4, 0.5) is 0 Å². The van der Waals surface area contributed by atoms with Crippen molar-refractivity contribution >= 4 is 7.60 Å². The molecule has 0 amide bonds. The molecule has 0 heterocycles. The van der Waals surface area contributed by atoms with E-state index in [-0.39, 0.29) is 31.3 Å². The Labute approximate surface area is 209 Å². The molecule has 1 atom stereocenters. The van der Waals surface area contributed by atoms with Gasteiger partial charge in [-0.05, 0) is 51.3 Å². The van der Waals surface area contributed by atoms with Crippen molar-refractivity contribution in [3.8, 4) is 0 Å². The van der Waals surface area contributed by atoms with Gasteiger partial charge in [-0.15, -0.1) is 0 Å². The molecular weight excluding hydrogens is 459 g/mol. The SMILES string of the molecule is CC(C)OP(=O)(CO[C@H](C)COC(c1ccccc1)(c1ccccc1)c1ccccc1)OC(C)C. The van der Waals surface area contributed by atoms with Gasteiger partial charge in [-0.2, -0.15) is 0 Å². The van der Waals surface area contributed by atoms with Crippen molar-refractivity contribution in [2.24, 2.45) is 0 Å². The van der Waals surface area contributed by atoms with Crippen molar-refractivity contribution in [1.82, 2.24) is 0 Å². The van der Waals surface area contributed by atoms with Gasteiger partial charge in [-0.3, -0.25) is 4.57 Å². The van der Waals surface area contributed by atoms with Gasteiger partial charge in [-0.1, -0.05) is 91.0 Å². The summed E-state index contributed by atoms with van der Waals surface area (Å²) >= 11 is 0. The second kappa shape index (κ2) is 12.6. The maximum absolute atomic E-state index is 13.2. The van der Waals surface area contributed by atoms with Crippen LogP contribution in [0.15, 0.2) is 91.0 Å². The van der Waals surface area contributed by atoms with Crippen molar-refractivity contribution in [3.63, 3.8) is 0 Å². The Morgan fingerprint density at radius 1 is 0.657 bits per heavy atom. The Kier molecular flexibility index (Phi) is 9.85. The summed E-state index contributed by atoms with van der Waals surface area (Å²) in [5.74, 6) is 0. The van der Waals surface area contributed by atoms with E-state index < -0.39 is 13.2 Å². The molecular formula is C29H37O5P. The third-order valence-corrected chi connectivity index (χ3v) is 7.29. The van der Waals surface area contributed by atoms with Crippen LogP contribution in [0.5, 0.6) is 0 Å². The Morgan fingerprint density at radius 2 is 1.03 bits per heavy atom. The molecule has 0 unspecified atom stereocenters. The molecule has 0 fully saturated rings. The van der Waals surface area contributed by atoms with Crippen LogP contribution in [0.25, 0.3) is 0 Å². The first-order valence-electron chi connectivity index (χ1n) is 12.1. The number of rotatable bonds is 13. The molecule has 6 heteroatoms. The topological polar surface area (TPSA) is 54.0 Å². The zero-order valence-electron chi connectivity index (χ0n) is 21.3. The summed E-state index contributed by atoms with van der Waals surface area (Å²) < 4.78 is 37.2. The van der Waals surface area contributed by atoms with E-state index in [0.29, 0.717) is 0 Å². The Bertz CT molecular complexity index is 944. The molecule has 5 nitrogen and oxygen atoms in total. The van der Waals surface area contributed by atoms with Gasteiger partial charge >= 0.3 is 7.60 Å². The molecule has 0 saturated carbocycles. The minimum Gasteiger partial charge on any atom is -0.363 e. The summed E-state index contributed by atoms with van der Waals surface area (Å²) in [6, 6.07) is 30.5. The van der Waals surface area contributed by atoms with Crippen molar-refractivity contribution in [3.05, 3.63) is 108 Å². The molecule has 0 N–H and O–H groups in total. The zero-order valence-corrected chi connectivity index (χ0v) is 22.2. The lowest BCUT2D eigenvalue weighted by molar-refractivity contribution is -0.0531. The monoisotopic (exact) mass is 496 g/mol. The summed E-state index contributed by atoms with van der Waals surface area (Å²) in [5, 5.41) is 0. The highest BCUT2D eigenvalue weighted by Crippen LogP contribution is 2.50. The zero-order chi connectivity index (χ0) is 25.3. The fourth-order valence-electron chi connectivity index (χ4n) is 4.01. The second-order valence-electron chi connectivity index (χ2n) is 9.12. The average Bonchev–Trinajstić information content (AvgIpc) is 2.84. The summed E-state index contributed by atoms with van der Waals surface area (Å²) in [6.07, 6.45) is -0.971. The highest BCUT2D eigenvalue weighted by atomic mass is 31.2. The highest BCUT2D eigenvalue weighted by Gasteiger charge is 2.38. The summed E-state index contributed by atoms with van der Waals surface area (Å²) in [7, 11) is -3.40. The van der Waals surface area contributed by atoms with E-state index in [2.05, 4.69) is 36.4 Å². The molecule has 3 aromatic carbocycles. The Balaban J connectivity index is 1.88. The van der Waals surface area contributed by atoms with E-state index in [4.69, 9.17) is 18.5 Å². The van der Waals surface area contributed by atoms with Gasteiger partial charge in [0.05, 0.1) is 24.9 Å². The van der Waals surface area contributed by atoms with Crippen LogP contribution < -0.4 is 0 Å². The first kappa shape index (κ1) is 27.3. The second-order valence-corrected chi connectivity index (χ2v) is 11.0. The molecule has 0 saturated heterocycles. The molecule has 35 heavy (non-hydrogen) atoms. The van der Waals surface area contributed by atoms with Crippen molar-refractivity contribution in [2.75, 3.05) is 13.0 Å². The lowest BCUT2D eigenvalue weighted by atomic mass is 9.80. The third-order valence-electron chi connectivity index (χ3n) is 5.34. The maximum atomic E-state index is 13.2. The summed E-state index contributed by atoms with van der Waals surface area (Å²) in [5.41, 5.74) is 2.21. The van der Waals surface area contributed by atoms with Crippen molar-refractivity contribution in [2.45, 2.75) is 58.5 Å². The van der Waals surface area contributed by atoms with Crippen LogP contribution in [0, 0.1) is 0 Å². The first-order valence-corrected chi connectivity index (χ1v) is 13.9. The molecule has 0 bridgehead atoms. The molecule has 0 aliphatic rings. The number of benzene rings is 3. The van der Waals surface area contributed by atoms with Crippen LogP contribution in [-0.4, -0.2) is 31.3 Å². The quantitative estimate of drug-likeness (QED) is 0.182. The molecule has 0 aromatic heterocycles. The van der Waals surface area contributed by atoms with Crippen LogP contribution in [0.3, 0.4) is 0 Å². The first-order chi connectivity index (χ1) is 16.7. The molecule has 0 aliphatic carbocycles. The van der Waals surface area contributed by atoms with Crippen molar-refractivity contribution in [1.29, 1.82) is 0 Å². The lowest BCUT2D eigenvalue weighted by Crippen LogP contribution is -2.35. The third kappa shape index (κ3) is 7.36. The van der Waals surface area contributed by atoms with E-state index in [1.54, 1.807) is 0 Å². The standard InChI is InChI=1S/C29H37O5P/c1-23(2)33-35(30,34-24(3)4)22-31-25(5)21-32-29(26-15-9-6-10-16-26,27-17-11-7-12-18-27)28-19-13-8-14-20-28/h6-20,23-25H,21-22H2,1-5H3/t25-/m1/s1. The number of hydrogen-bond acceptors (Lipinski definition) is 5. The minimum atomic E-state index is -3.40. The maximum Gasteiger partial charge on any atom is 0.356 e. The van der Waals surface area contributed by atoms with E-state index in [9.17, 15) is 4.57 Å².